The first-order valence-electron chi connectivity index (χ1n) is 11.4. The van der Waals surface area contributed by atoms with Crippen molar-refractivity contribution in [3.63, 3.8) is 0 Å². The van der Waals surface area contributed by atoms with Gasteiger partial charge in [-0.15, -0.1) is 0 Å². The molecule has 0 aromatic carbocycles. The number of aliphatic hydroxyl groups excluding tert-OH is 1. The van der Waals surface area contributed by atoms with Crippen LogP contribution in [0.1, 0.15) is 75.5 Å². The molecule has 1 saturated carbocycles. The molecule has 1 atom stereocenters. The highest BCUT2D eigenvalue weighted by atomic mass is 16.5. The molecule has 2 aliphatic rings. The molecule has 1 unspecified atom stereocenters. The van der Waals surface area contributed by atoms with Gasteiger partial charge in [0.05, 0.1) is 18.9 Å². The molecule has 8 nitrogen and oxygen atoms in total. The van der Waals surface area contributed by atoms with Gasteiger partial charge < -0.3 is 18.8 Å². The van der Waals surface area contributed by atoms with E-state index in [0.29, 0.717) is 11.1 Å². The van der Waals surface area contributed by atoms with Gasteiger partial charge in [-0.05, 0) is 23.0 Å². The number of rotatable bonds is 4. The maximum absolute atomic E-state index is 13.3. The lowest BCUT2D eigenvalue weighted by atomic mass is 9.63. The van der Waals surface area contributed by atoms with Crippen LogP contribution in [-0.2, 0) is 26.2 Å². The lowest BCUT2D eigenvalue weighted by Crippen LogP contribution is -2.43. The maximum Gasteiger partial charge on any atom is 0.354 e. The van der Waals surface area contributed by atoms with Gasteiger partial charge in [0.2, 0.25) is 5.71 Å². The predicted octanol–water partition coefficient (Wildman–Crippen LogP) is 4.42. The number of fused-ring (bicyclic) bond motifs is 1. The second-order valence-corrected chi connectivity index (χ2v) is 11.2. The Kier molecular flexibility index (Phi) is 5.61. The van der Waals surface area contributed by atoms with Gasteiger partial charge in [0.25, 0.3) is 0 Å². The predicted molar refractivity (Wildman–Crippen MR) is 123 cm³/mol. The van der Waals surface area contributed by atoms with E-state index in [4.69, 9.17) is 9.15 Å². The molecule has 2 heterocycles. The summed E-state index contributed by atoms with van der Waals surface area (Å²) in [6.45, 7) is 7.52. The fourth-order valence-corrected chi connectivity index (χ4v) is 5.49. The number of hydrogen-bond donors (Lipinski definition) is 1. The summed E-state index contributed by atoms with van der Waals surface area (Å²) in [7, 11) is 2.92. The number of nitrogens with zero attached hydrogens (tertiary/aromatic N) is 1. The van der Waals surface area contributed by atoms with Gasteiger partial charge in [0.1, 0.15) is 28.8 Å². The van der Waals surface area contributed by atoms with Crippen LogP contribution in [0.3, 0.4) is 0 Å². The van der Waals surface area contributed by atoms with Crippen LogP contribution in [0.5, 0.6) is 0 Å². The molecule has 1 N–H and O–H groups in total. The van der Waals surface area contributed by atoms with E-state index in [1.807, 2.05) is 27.7 Å². The van der Waals surface area contributed by atoms with Crippen molar-refractivity contribution in [2.75, 3.05) is 7.11 Å². The molecule has 0 saturated heterocycles. The van der Waals surface area contributed by atoms with Crippen molar-refractivity contribution >= 4 is 34.4 Å². The second-order valence-electron chi connectivity index (χ2n) is 11.2. The number of carbonyl (C=O) groups excluding carboxylic acids is 4. The number of carbonyl (C=O) groups is 4. The fourth-order valence-electron chi connectivity index (χ4n) is 5.49. The van der Waals surface area contributed by atoms with Gasteiger partial charge in [0, 0.05) is 43.7 Å². The first-order chi connectivity index (χ1) is 15.7. The van der Waals surface area contributed by atoms with Gasteiger partial charge in [-0.2, -0.15) is 0 Å². The van der Waals surface area contributed by atoms with Crippen LogP contribution in [0, 0.1) is 16.7 Å². The van der Waals surface area contributed by atoms with E-state index in [2.05, 4.69) is 0 Å². The molecule has 182 valence electrons. The summed E-state index contributed by atoms with van der Waals surface area (Å²) in [5.74, 6) is -3.34. The summed E-state index contributed by atoms with van der Waals surface area (Å²) < 4.78 is 12.4. The molecule has 1 fully saturated rings. The number of aliphatic hydroxyl groups is 1. The van der Waals surface area contributed by atoms with Crippen LogP contribution >= 0.6 is 0 Å². The third-order valence-electron chi connectivity index (χ3n) is 6.96. The van der Waals surface area contributed by atoms with Crippen LogP contribution in [0.15, 0.2) is 27.9 Å². The summed E-state index contributed by atoms with van der Waals surface area (Å²) in [4.78, 5) is 51.9. The minimum absolute atomic E-state index is 0.0815. The number of esters is 1. The van der Waals surface area contributed by atoms with E-state index in [1.54, 1.807) is 19.2 Å². The quantitative estimate of drug-likeness (QED) is 0.520. The van der Waals surface area contributed by atoms with Crippen LogP contribution in [0.25, 0.3) is 11.1 Å². The lowest BCUT2D eigenvalue weighted by molar-refractivity contribution is -0.140. The molecule has 8 heteroatoms. The Morgan fingerprint density at radius 3 is 2.18 bits per heavy atom. The highest BCUT2D eigenvalue weighted by Gasteiger charge is 2.49. The highest BCUT2D eigenvalue weighted by Crippen LogP contribution is 2.48. The highest BCUT2D eigenvalue weighted by molar-refractivity contribution is 6.09. The average Bonchev–Trinajstić information content (AvgIpc) is 3.22. The number of allylic oxidation sites excluding steroid dienone is 2. The van der Waals surface area contributed by atoms with Crippen LogP contribution in [0.2, 0.25) is 0 Å². The van der Waals surface area contributed by atoms with Crippen molar-refractivity contribution in [3.05, 3.63) is 34.9 Å². The van der Waals surface area contributed by atoms with E-state index < -0.39 is 28.6 Å². The molecule has 0 amide bonds. The van der Waals surface area contributed by atoms with Gasteiger partial charge in [0.15, 0.2) is 5.78 Å². The number of Topliss-reactive ketones (excluding diaryl/α,β-unsaturated/α-hetero) is 3. The Hall–Kier alpha value is -3.16. The summed E-state index contributed by atoms with van der Waals surface area (Å²) in [6.07, 6.45) is 0.842. The Balaban J connectivity index is 1.89. The molecule has 0 aliphatic heterocycles. The van der Waals surface area contributed by atoms with Crippen molar-refractivity contribution < 1.29 is 33.4 Å². The summed E-state index contributed by atoms with van der Waals surface area (Å²) in [6, 6.07) is 3.24. The van der Waals surface area contributed by atoms with Crippen molar-refractivity contribution in [1.82, 2.24) is 4.57 Å². The number of hydrogen-bond acceptors (Lipinski definition) is 7. The Labute approximate surface area is 197 Å². The molecular weight excluding hydrogens is 438 g/mol. The molecule has 0 bridgehead atoms. The van der Waals surface area contributed by atoms with Crippen LogP contribution < -0.4 is 0 Å². The van der Waals surface area contributed by atoms with Crippen LogP contribution in [0.4, 0.5) is 0 Å². The first-order valence-corrected chi connectivity index (χ1v) is 11.4. The van der Waals surface area contributed by atoms with Gasteiger partial charge in [-0.25, -0.2) is 4.79 Å². The number of furan rings is 1. The first kappa shape index (κ1) is 24.0. The normalized spacial score (nSPS) is 21.9. The molecule has 0 spiro atoms. The van der Waals surface area contributed by atoms with Crippen LogP contribution in [-0.4, -0.2) is 40.1 Å². The number of ether oxygens (including phenoxy) is 1. The monoisotopic (exact) mass is 469 g/mol. The van der Waals surface area contributed by atoms with Crippen molar-refractivity contribution in [2.24, 2.45) is 23.8 Å². The number of methoxy groups -OCH3 is 1. The standard InChI is InChI=1S/C26H31NO7/c1-25(2)9-15(28)20(16(29)10-25)22(21-17(30)11-26(3,4)12-18(21)31)19-8-13-7-14(24(32)33-6)27(5)23(13)34-19/h7-8,20,22,30H,9-12H2,1-6H3. The number of aryl methyl sites for hydroxylation is 1. The van der Waals surface area contributed by atoms with E-state index >= 15 is 0 Å². The van der Waals surface area contributed by atoms with Gasteiger partial charge in [-0.3, -0.25) is 14.4 Å². The SMILES string of the molecule is COC(=O)c1cc2cc(C(C3=C(O)CC(C)(C)CC3=O)C3C(=O)CC(C)(C)CC3=O)oc2n1C. The van der Waals surface area contributed by atoms with Crippen molar-refractivity contribution in [1.29, 1.82) is 0 Å². The fraction of sp³-hybridized carbons (Fsp3) is 0.538. The molecule has 2 aliphatic carbocycles. The molecule has 0 radical (unpaired) electrons. The minimum atomic E-state index is -1.11. The lowest BCUT2D eigenvalue weighted by Gasteiger charge is -2.38. The van der Waals surface area contributed by atoms with Crippen molar-refractivity contribution in [3.8, 4) is 0 Å². The zero-order valence-electron chi connectivity index (χ0n) is 20.5. The van der Waals surface area contributed by atoms with E-state index in [0.717, 1.165) is 0 Å². The van der Waals surface area contributed by atoms with Gasteiger partial charge in [-0.1, -0.05) is 27.7 Å². The number of aromatic nitrogens is 1. The third kappa shape index (κ3) is 3.99. The second kappa shape index (κ2) is 7.96. The Bertz CT molecular complexity index is 1230. The molecule has 2 aromatic heterocycles. The maximum atomic E-state index is 13.3. The minimum Gasteiger partial charge on any atom is -0.512 e. The Morgan fingerprint density at radius 1 is 1.06 bits per heavy atom. The molecule has 2 aromatic rings. The zero-order chi connectivity index (χ0) is 25.2. The molecular formula is C26H31NO7. The molecule has 34 heavy (non-hydrogen) atoms. The van der Waals surface area contributed by atoms with Crippen molar-refractivity contribution in [2.45, 2.75) is 59.3 Å². The largest absolute Gasteiger partial charge is 0.512 e. The molecule has 4 rings (SSSR count). The van der Waals surface area contributed by atoms with E-state index in [1.165, 1.54) is 11.7 Å². The topological polar surface area (TPSA) is 116 Å². The summed E-state index contributed by atoms with van der Waals surface area (Å²) >= 11 is 0. The van der Waals surface area contributed by atoms with E-state index in [-0.39, 0.29) is 65.8 Å². The Morgan fingerprint density at radius 2 is 1.65 bits per heavy atom. The third-order valence-corrected chi connectivity index (χ3v) is 6.96. The van der Waals surface area contributed by atoms with Gasteiger partial charge >= 0.3 is 5.97 Å². The summed E-state index contributed by atoms with van der Waals surface area (Å²) in [5.41, 5.74) is -0.184. The number of ketones is 3. The smallest absolute Gasteiger partial charge is 0.354 e. The zero-order valence-corrected chi connectivity index (χ0v) is 20.5. The average molecular weight is 470 g/mol. The summed E-state index contributed by atoms with van der Waals surface area (Å²) in [5, 5.41) is 11.5. The van der Waals surface area contributed by atoms with E-state index in [9.17, 15) is 24.3 Å².